The van der Waals surface area contributed by atoms with Crippen molar-refractivity contribution in [3.8, 4) is 0 Å². The Morgan fingerprint density at radius 2 is 1.74 bits per heavy atom. The van der Waals surface area contributed by atoms with Gasteiger partial charge in [0, 0.05) is 17.5 Å². The van der Waals surface area contributed by atoms with Crippen molar-refractivity contribution in [2.45, 2.75) is 65.3 Å². The number of nitrogens with one attached hydrogen (secondary N) is 1. The van der Waals surface area contributed by atoms with E-state index in [1.165, 1.54) is 11.3 Å². The maximum atomic E-state index is 12.1. The maximum absolute atomic E-state index is 12.1. The third-order valence-corrected chi connectivity index (χ3v) is 5.36. The summed E-state index contributed by atoms with van der Waals surface area (Å²) in [4.78, 5) is 23.3. The van der Waals surface area contributed by atoms with Gasteiger partial charge >= 0.3 is 13.2 Å². The number of hydrogen-bond donors (Lipinski definition) is 1. The molecule has 1 amide bonds. The molecule has 8 heteroatoms. The van der Waals surface area contributed by atoms with E-state index in [1.54, 1.807) is 26.2 Å². The molecule has 1 aliphatic heterocycles. The fourth-order valence-corrected chi connectivity index (χ4v) is 3.17. The summed E-state index contributed by atoms with van der Waals surface area (Å²) < 4.78 is 17.5. The lowest BCUT2D eigenvalue weighted by molar-refractivity contribution is 0.00578. The van der Waals surface area contributed by atoms with Crippen molar-refractivity contribution >= 4 is 36.9 Å². The third-order valence-electron chi connectivity index (χ3n) is 4.58. The number of thiophene rings is 1. The second-order valence-corrected chi connectivity index (χ2v) is 9.31. The average Bonchev–Trinajstić information content (AvgIpc) is 3.03. The summed E-state index contributed by atoms with van der Waals surface area (Å²) in [6.07, 6.45) is 2.12. The van der Waals surface area contributed by atoms with Crippen molar-refractivity contribution in [3.05, 3.63) is 27.4 Å². The van der Waals surface area contributed by atoms with Gasteiger partial charge in [-0.1, -0.05) is 6.08 Å². The van der Waals surface area contributed by atoms with E-state index in [2.05, 4.69) is 5.32 Å². The Kier molecular flexibility index (Phi) is 6.24. The maximum Gasteiger partial charge on any atom is 0.492 e. The number of ether oxygens (including phenoxy) is 1. The zero-order chi connectivity index (χ0) is 20.5. The van der Waals surface area contributed by atoms with Crippen LogP contribution in [0.1, 0.15) is 64.4 Å². The summed E-state index contributed by atoms with van der Waals surface area (Å²) in [6, 6.07) is 0. The normalized spacial score (nSPS) is 19.1. The first kappa shape index (κ1) is 21.7. The van der Waals surface area contributed by atoms with Crippen LogP contribution in [-0.2, 0) is 14.0 Å². The van der Waals surface area contributed by atoms with E-state index >= 15 is 0 Å². The van der Waals surface area contributed by atoms with Crippen LogP contribution in [0.2, 0.25) is 0 Å². The first-order valence-electron chi connectivity index (χ1n) is 8.89. The molecule has 148 valence electrons. The van der Waals surface area contributed by atoms with Crippen LogP contribution in [0.3, 0.4) is 0 Å². The van der Waals surface area contributed by atoms with Gasteiger partial charge in [-0.15, -0.1) is 0 Å². The van der Waals surface area contributed by atoms with Crippen LogP contribution >= 0.6 is 11.3 Å². The third kappa shape index (κ3) is 5.43. The molecule has 0 radical (unpaired) electrons. The Morgan fingerprint density at radius 3 is 2.26 bits per heavy atom. The van der Waals surface area contributed by atoms with Crippen LogP contribution < -0.4 is 5.32 Å². The molecule has 0 spiro atoms. The quantitative estimate of drug-likeness (QED) is 0.602. The van der Waals surface area contributed by atoms with E-state index in [4.69, 9.17) is 14.0 Å². The molecule has 6 nitrogen and oxygen atoms in total. The lowest BCUT2D eigenvalue weighted by atomic mass is 9.77. The van der Waals surface area contributed by atoms with Crippen LogP contribution in [0.5, 0.6) is 0 Å². The van der Waals surface area contributed by atoms with Gasteiger partial charge in [-0.2, -0.15) is 11.3 Å². The van der Waals surface area contributed by atoms with Gasteiger partial charge in [0.1, 0.15) is 5.60 Å². The SMILES string of the molecule is CC(C)(C)OC(=O)NCC(=Cc1cscc1C=O)B1OC(C)(C)C(C)(C)O1. The number of amides is 1. The van der Waals surface area contributed by atoms with E-state index in [9.17, 15) is 9.59 Å². The molecular weight excluding hydrogens is 365 g/mol. The molecule has 0 aromatic carbocycles. The second-order valence-electron chi connectivity index (χ2n) is 8.56. The Morgan fingerprint density at radius 1 is 1.19 bits per heavy atom. The van der Waals surface area contributed by atoms with Crippen LogP contribution in [0.15, 0.2) is 16.2 Å². The summed E-state index contributed by atoms with van der Waals surface area (Å²) in [5, 5.41) is 6.40. The number of alkyl carbamates (subject to hydrolysis) is 1. The topological polar surface area (TPSA) is 73.9 Å². The first-order chi connectivity index (χ1) is 12.3. The summed E-state index contributed by atoms with van der Waals surface area (Å²) >= 11 is 1.44. The molecule has 0 bridgehead atoms. The molecule has 0 aliphatic carbocycles. The molecule has 1 N–H and O–H groups in total. The van der Waals surface area contributed by atoms with Gasteiger partial charge < -0.3 is 19.4 Å². The first-order valence-corrected chi connectivity index (χ1v) is 9.83. The lowest BCUT2D eigenvalue weighted by Gasteiger charge is -2.32. The monoisotopic (exact) mass is 393 g/mol. The van der Waals surface area contributed by atoms with Gasteiger partial charge in [0.05, 0.1) is 11.2 Å². The minimum absolute atomic E-state index is 0.180. The molecule has 1 aliphatic rings. The average molecular weight is 393 g/mol. The Balaban J connectivity index is 2.25. The molecule has 1 aromatic heterocycles. The number of hydrogen-bond acceptors (Lipinski definition) is 6. The van der Waals surface area contributed by atoms with Crippen molar-refractivity contribution in [3.63, 3.8) is 0 Å². The molecule has 0 unspecified atom stereocenters. The van der Waals surface area contributed by atoms with Crippen molar-refractivity contribution in [1.29, 1.82) is 0 Å². The molecular formula is C19H28BNO5S. The van der Waals surface area contributed by atoms with Crippen LogP contribution in [0.25, 0.3) is 6.08 Å². The van der Waals surface area contributed by atoms with Gasteiger partial charge in [0.2, 0.25) is 0 Å². The highest BCUT2D eigenvalue weighted by Gasteiger charge is 2.52. The number of aldehydes is 1. The van der Waals surface area contributed by atoms with Crippen molar-refractivity contribution < 1.29 is 23.6 Å². The van der Waals surface area contributed by atoms with Gasteiger partial charge in [-0.25, -0.2) is 4.79 Å². The van der Waals surface area contributed by atoms with Crippen LogP contribution in [-0.4, -0.2) is 42.8 Å². The highest BCUT2D eigenvalue weighted by Crippen LogP contribution is 2.39. The minimum atomic E-state index is -0.635. The van der Waals surface area contributed by atoms with Crippen molar-refractivity contribution in [2.75, 3.05) is 6.54 Å². The number of carbonyl (C=O) groups is 2. The van der Waals surface area contributed by atoms with Gasteiger partial charge in [-0.05, 0) is 64.9 Å². The molecule has 0 saturated carbocycles. The van der Waals surface area contributed by atoms with Crippen molar-refractivity contribution in [1.82, 2.24) is 5.32 Å². The van der Waals surface area contributed by atoms with Crippen LogP contribution in [0.4, 0.5) is 4.79 Å². The summed E-state index contributed by atoms with van der Waals surface area (Å²) in [5.41, 5.74) is 0.462. The highest BCUT2D eigenvalue weighted by atomic mass is 32.1. The van der Waals surface area contributed by atoms with Gasteiger partial charge in [0.25, 0.3) is 0 Å². The van der Waals surface area contributed by atoms with E-state index < -0.39 is 30.0 Å². The predicted molar refractivity (Wildman–Crippen MR) is 108 cm³/mol. The highest BCUT2D eigenvalue weighted by molar-refractivity contribution is 7.08. The molecule has 0 atom stereocenters. The molecule has 2 rings (SSSR count). The fourth-order valence-electron chi connectivity index (χ4n) is 2.41. The van der Waals surface area contributed by atoms with Crippen molar-refractivity contribution in [2.24, 2.45) is 0 Å². The molecule has 27 heavy (non-hydrogen) atoms. The Labute approximate surface area is 165 Å². The van der Waals surface area contributed by atoms with E-state index in [1.807, 2.05) is 39.2 Å². The summed E-state index contributed by atoms with van der Waals surface area (Å²) in [6.45, 7) is 13.5. The van der Waals surface area contributed by atoms with E-state index in [0.717, 1.165) is 11.8 Å². The van der Waals surface area contributed by atoms with E-state index in [-0.39, 0.29) is 6.54 Å². The molecule has 1 fully saturated rings. The van der Waals surface area contributed by atoms with Crippen LogP contribution in [0, 0.1) is 0 Å². The van der Waals surface area contributed by atoms with Gasteiger partial charge in [-0.3, -0.25) is 4.79 Å². The molecule has 1 aromatic rings. The Bertz CT molecular complexity index is 717. The smallest absolute Gasteiger partial charge is 0.444 e. The summed E-state index contributed by atoms with van der Waals surface area (Å²) in [7, 11) is -0.635. The second kappa shape index (κ2) is 7.77. The zero-order valence-corrected chi connectivity index (χ0v) is 17.9. The predicted octanol–water partition coefficient (Wildman–Crippen LogP) is 4.10. The Hall–Kier alpha value is -1.64. The van der Waals surface area contributed by atoms with Gasteiger partial charge in [0.15, 0.2) is 6.29 Å². The standard InChI is InChI=1S/C19H28BNO5S/c1-17(2,3)24-16(23)21-9-15(8-13-11-27-12-14(13)10-22)20-25-18(4,5)19(6,7)26-20/h8,10-12H,9H2,1-7H3,(H,21,23). The van der Waals surface area contributed by atoms with E-state index in [0.29, 0.717) is 11.0 Å². The number of rotatable bonds is 5. The molecule has 2 heterocycles. The lowest BCUT2D eigenvalue weighted by Crippen LogP contribution is -2.41. The fraction of sp³-hybridized carbons (Fsp3) is 0.579. The minimum Gasteiger partial charge on any atom is -0.444 e. The molecule has 1 saturated heterocycles. The zero-order valence-electron chi connectivity index (χ0n) is 17.0. The number of carbonyl (C=O) groups excluding carboxylic acids is 2. The summed E-state index contributed by atoms with van der Waals surface area (Å²) in [5.74, 6) is 0. The largest absolute Gasteiger partial charge is 0.492 e.